The Bertz CT molecular complexity index is 732. The molecule has 0 spiro atoms. The fourth-order valence-electron chi connectivity index (χ4n) is 1.64. The molecule has 0 amide bonds. The molecule has 0 unspecified atom stereocenters. The number of aromatic nitrogens is 1. The number of pyridine rings is 1. The highest BCUT2D eigenvalue weighted by Gasteiger charge is 2.20. The van der Waals surface area contributed by atoms with Crippen molar-refractivity contribution in [3.05, 3.63) is 42.5 Å². The molecule has 21 heavy (non-hydrogen) atoms. The molecule has 0 fully saturated rings. The molecule has 2 aromatic rings. The summed E-state index contributed by atoms with van der Waals surface area (Å²) in [6.07, 6.45) is 1.08. The quantitative estimate of drug-likeness (QED) is 0.855. The van der Waals surface area contributed by atoms with Crippen molar-refractivity contribution in [2.75, 3.05) is 18.9 Å². The number of nitrogens with zero attached hydrogens (tertiary/aromatic N) is 1. The van der Waals surface area contributed by atoms with E-state index in [2.05, 4.69) is 9.71 Å². The van der Waals surface area contributed by atoms with Gasteiger partial charge in [0.2, 0.25) is 5.95 Å². The zero-order chi connectivity index (χ0) is 15.5. The molecule has 1 N–H and O–H groups in total. The van der Waals surface area contributed by atoms with Crippen LogP contribution < -0.4 is 14.2 Å². The van der Waals surface area contributed by atoms with Crippen molar-refractivity contribution in [1.29, 1.82) is 0 Å². The summed E-state index contributed by atoms with van der Waals surface area (Å²) in [5.74, 6) is -0.163. The largest absolute Gasteiger partial charge is 0.497 e. The van der Waals surface area contributed by atoms with Gasteiger partial charge < -0.3 is 9.47 Å². The van der Waals surface area contributed by atoms with E-state index in [1.807, 2.05) is 0 Å². The van der Waals surface area contributed by atoms with E-state index in [1.54, 1.807) is 6.07 Å². The zero-order valence-electron chi connectivity index (χ0n) is 11.3. The van der Waals surface area contributed by atoms with Crippen molar-refractivity contribution < 1.29 is 22.3 Å². The Balaban J connectivity index is 2.41. The highest BCUT2D eigenvalue weighted by atomic mass is 32.2. The molecule has 0 aliphatic carbocycles. The number of halogens is 1. The minimum atomic E-state index is -3.92. The standard InChI is InChI=1S/C13H13FN2O4S/c1-19-10-4-5-11(20-2)12(7-10)21(17,18)16-9-3-6-13(14)15-8-9/h3-8,16H,1-2H3. The van der Waals surface area contributed by atoms with E-state index in [0.717, 1.165) is 12.3 Å². The van der Waals surface area contributed by atoms with Gasteiger partial charge in [0.05, 0.1) is 26.1 Å². The van der Waals surface area contributed by atoms with E-state index in [-0.39, 0.29) is 16.3 Å². The summed E-state index contributed by atoms with van der Waals surface area (Å²) in [7, 11) is -1.13. The highest BCUT2D eigenvalue weighted by Crippen LogP contribution is 2.29. The Labute approximate surface area is 121 Å². The third kappa shape index (κ3) is 3.40. The van der Waals surface area contributed by atoms with E-state index >= 15 is 0 Å². The van der Waals surface area contributed by atoms with Gasteiger partial charge in [-0.25, -0.2) is 13.4 Å². The Morgan fingerprint density at radius 1 is 1.14 bits per heavy atom. The van der Waals surface area contributed by atoms with Gasteiger partial charge in [-0.3, -0.25) is 4.72 Å². The SMILES string of the molecule is COc1ccc(OC)c(S(=O)(=O)Nc2ccc(F)nc2)c1. The molecule has 1 aromatic heterocycles. The lowest BCUT2D eigenvalue weighted by atomic mass is 10.3. The highest BCUT2D eigenvalue weighted by molar-refractivity contribution is 7.92. The van der Waals surface area contributed by atoms with Crippen LogP contribution >= 0.6 is 0 Å². The lowest BCUT2D eigenvalue weighted by Crippen LogP contribution is -2.14. The van der Waals surface area contributed by atoms with E-state index < -0.39 is 16.0 Å². The van der Waals surface area contributed by atoms with Crippen LogP contribution in [0.1, 0.15) is 0 Å². The third-order valence-electron chi connectivity index (χ3n) is 2.64. The van der Waals surface area contributed by atoms with E-state index in [0.29, 0.717) is 5.75 Å². The maximum Gasteiger partial charge on any atom is 0.265 e. The van der Waals surface area contributed by atoms with Crippen LogP contribution in [0.5, 0.6) is 11.5 Å². The number of benzene rings is 1. The van der Waals surface area contributed by atoms with Crippen LogP contribution in [-0.4, -0.2) is 27.6 Å². The summed E-state index contributed by atoms with van der Waals surface area (Å²) in [4.78, 5) is 3.29. The minimum absolute atomic E-state index is 0.0892. The molecule has 0 bridgehead atoms. The molecule has 112 valence electrons. The van der Waals surface area contributed by atoms with Crippen molar-refractivity contribution in [2.45, 2.75) is 4.90 Å². The van der Waals surface area contributed by atoms with Crippen LogP contribution in [0.3, 0.4) is 0 Å². The summed E-state index contributed by atoms with van der Waals surface area (Å²) in [5.41, 5.74) is 0.140. The lowest BCUT2D eigenvalue weighted by Gasteiger charge is -2.12. The van der Waals surface area contributed by atoms with Crippen LogP contribution in [0.15, 0.2) is 41.4 Å². The van der Waals surface area contributed by atoms with Gasteiger partial charge >= 0.3 is 0 Å². The predicted octanol–water partition coefficient (Wildman–Crippen LogP) is 2.04. The maximum atomic E-state index is 12.7. The van der Waals surface area contributed by atoms with Gasteiger partial charge in [0.15, 0.2) is 0 Å². The van der Waals surface area contributed by atoms with Crippen LogP contribution in [0.4, 0.5) is 10.1 Å². The molecule has 0 radical (unpaired) electrons. The molecular weight excluding hydrogens is 299 g/mol. The number of methoxy groups -OCH3 is 2. The molecule has 0 saturated carbocycles. The number of hydrogen-bond acceptors (Lipinski definition) is 5. The van der Waals surface area contributed by atoms with Gasteiger partial charge in [0.1, 0.15) is 16.4 Å². The smallest absolute Gasteiger partial charge is 0.265 e. The first-order chi connectivity index (χ1) is 9.96. The Kier molecular flexibility index (Phi) is 4.27. The molecule has 0 saturated heterocycles. The Morgan fingerprint density at radius 2 is 1.90 bits per heavy atom. The summed E-state index contributed by atoms with van der Waals surface area (Å²) in [5, 5.41) is 0. The molecule has 0 aliphatic rings. The van der Waals surface area contributed by atoms with Gasteiger partial charge in [-0.05, 0) is 24.3 Å². The number of rotatable bonds is 5. The van der Waals surface area contributed by atoms with Crippen molar-refractivity contribution in [3.63, 3.8) is 0 Å². The Morgan fingerprint density at radius 3 is 2.48 bits per heavy atom. The number of hydrogen-bond donors (Lipinski definition) is 1. The summed E-state index contributed by atoms with van der Waals surface area (Å²) >= 11 is 0. The van der Waals surface area contributed by atoms with Crippen molar-refractivity contribution in [1.82, 2.24) is 4.98 Å². The van der Waals surface area contributed by atoms with Crippen LogP contribution in [0.2, 0.25) is 0 Å². The van der Waals surface area contributed by atoms with Gasteiger partial charge in [0.25, 0.3) is 10.0 Å². The fraction of sp³-hybridized carbons (Fsp3) is 0.154. The average molecular weight is 312 g/mol. The maximum absolute atomic E-state index is 12.7. The molecule has 0 aliphatic heterocycles. The third-order valence-corrected chi connectivity index (χ3v) is 4.04. The molecule has 0 atom stereocenters. The first-order valence-corrected chi connectivity index (χ1v) is 7.31. The second kappa shape index (κ2) is 5.96. The molecule has 8 heteroatoms. The van der Waals surface area contributed by atoms with Crippen LogP contribution in [-0.2, 0) is 10.0 Å². The number of anilines is 1. The van der Waals surface area contributed by atoms with Gasteiger partial charge in [0, 0.05) is 6.07 Å². The minimum Gasteiger partial charge on any atom is -0.497 e. The predicted molar refractivity (Wildman–Crippen MR) is 74.5 cm³/mol. The second-order valence-corrected chi connectivity index (χ2v) is 5.64. The lowest BCUT2D eigenvalue weighted by molar-refractivity contribution is 0.392. The first kappa shape index (κ1) is 15.0. The first-order valence-electron chi connectivity index (χ1n) is 5.82. The summed E-state index contributed by atoms with van der Waals surface area (Å²) < 4.78 is 49.8. The van der Waals surface area contributed by atoms with Gasteiger partial charge in [-0.1, -0.05) is 0 Å². The second-order valence-electron chi connectivity index (χ2n) is 3.99. The van der Waals surface area contributed by atoms with Gasteiger partial charge in [-0.15, -0.1) is 0 Å². The van der Waals surface area contributed by atoms with Crippen LogP contribution in [0.25, 0.3) is 0 Å². The van der Waals surface area contributed by atoms with Crippen LogP contribution in [0, 0.1) is 5.95 Å². The van der Waals surface area contributed by atoms with E-state index in [1.165, 1.54) is 32.4 Å². The number of sulfonamides is 1. The fourth-order valence-corrected chi connectivity index (χ4v) is 2.87. The van der Waals surface area contributed by atoms with E-state index in [4.69, 9.17) is 9.47 Å². The molecule has 6 nitrogen and oxygen atoms in total. The van der Waals surface area contributed by atoms with Gasteiger partial charge in [-0.2, -0.15) is 4.39 Å². The van der Waals surface area contributed by atoms with Crippen molar-refractivity contribution in [2.24, 2.45) is 0 Å². The molecule has 1 heterocycles. The zero-order valence-corrected chi connectivity index (χ0v) is 12.1. The summed E-state index contributed by atoms with van der Waals surface area (Å²) in [6.45, 7) is 0. The van der Waals surface area contributed by atoms with E-state index in [9.17, 15) is 12.8 Å². The topological polar surface area (TPSA) is 77.5 Å². The average Bonchev–Trinajstić information content (AvgIpc) is 2.48. The van der Waals surface area contributed by atoms with Crippen molar-refractivity contribution >= 4 is 15.7 Å². The normalized spacial score (nSPS) is 11.0. The monoisotopic (exact) mass is 312 g/mol. The molecule has 1 aromatic carbocycles. The molecule has 2 rings (SSSR count). The summed E-state index contributed by atoms with van der Waals surface area (Å²) in [6, 6.07) is 6.72. The number of ether oxygens (including phenoxy) is 2. The number of nitrogens with one attached hydrogen (secondary N) is 1. The molecular formula is C13H13FN2O4S. The Hall–Kier alpha value is -2.35. The van der Waals surface area contributed by atoms with Crippen molar-refractivity contribution in [3.8, 4) is 11.5 Å².